The highest BCUT2D eigenvalue weighted by atomic mass is 35.5. The van der Waals surface area contributed by atoms with Gasteiger partial charge in [0.2, 0.25) is 11.8 Å². The molecule has 0 fully saturated rings. The molecule has 2 amide bonds. The van der Waals surface area contributed by atoms with Gasteiger partial charge in [-0.3, -0.25) is 13.9 Å². The third kappa shape index (κ3) is 8.09. The summed E-state index contributed by atoms with van der Waals surface area (Å²) >= 11 is 18.4. The fourth-order valence-electron chi connectivity index (χ4n) is 3.94. The molecule has 0 bridgehead atoms. The number of alkyl halides is 3. The zero-order valence-electron chi connectivity index (χ0n) is 22.6. The molecule has 1 N–H and O–H groups in total. The van der Waals surface area contributed by atoms with Crippen LogP contribution in [-0.2, 0) is 32.3 Å². The van der Waals surface area contributed by atoms with Crippen molar-refractivity contribution >= 4 is 62.3 Å². The van der Waals surface area contributed by atoms with Crippen LogP contribution in [0.25, 0.3) is 0 Å². The van der Waals surface area contributed by atoms with Gasteiger partial charge in [-0.25, -0.2) is 8.42 Å². The van der Waals surface area contributed by atoms with Crippen LogP contribution in [-0.4, -0.2) is 43.8 Å². The van der Waals surface area contributed by atoms with Crippen LogP contribution < -0.4 is 9.62 Å². The summed E-state index contributed by atoms with van der Waals surface area (Å²) in [6.07, 6.45) is -4.82. The number of nitrogens with one attached hydrogen (secondary N) is 1. The van der Waals surface area contributed by atoms with Gasteiger partial charge in [-0.05, 0) is 68.8 Å². The third-order valence-electron chi connectivity index (χ3n) is 6.09. The van der Waals surface area contributed by atoms with Crippen LogP contribution in [0.15, 0.2) is 71.6 Å². The largest absolute Gasteiger partial charge is 0.416 e. The molecule has 0 aromatic heterocycles. The number of carbonyl (C=O) groups is 2. The number of halogens is 6. The second kappa shape index (κ2) is 13.5. The second-order valence-electron chi connectivity index (χ2n) is 9.60. The standard InChI is InChI=1S/C28H27Cl3F3N3O4S/c1-17(2)35-27(39)18(3)36(15-19-9-11-22(29)24(31)13-19)26(38)16-37(42(40,41)21-7-5-4-6-8-21)25-14-20(28(32,33)34)10-12-23(25)30/h4-14,17-18H,15-16H2,1-3H3,(H,35,39)/t18-/m1/s1. The van der Waals surface area contributed by atoms with E-state index >= 15 is 0 Å². The van der Waals surface area contributed by atoms with E-state index in [0.29, 0.717) is 22.0 Å². The van der Waals surface area contributed by atoms with E-state index < -0.39 is 51.9 Å². The first-order valence-corrected chi connectivity index (χ1v) is 15.1. The van der Waals surface area contributed by atoms with Gasteiger partial charge in [0.15, 0.2) is 0 Å². The third-order valence-corrected chi connectivity index (χ3v) is 8.92. The number of amides is 2. The van der Waals surface area contributed by atoms with E-state index in [2.05, 4.69) is 5.32 Å². The summed E-state index contributed by atoms with van der Waals surface area (Å²) in [7, 11) is -4.62. The van der Waals surface area contributed by atoms with Gasteiger partial charge in [0, 0.05) is 12.6 Å². The van der Waals surface area contributed by atoms with E-state index in [-0.39, 0.29) is 32.5 Å². The van der Waals surface area contributed by atoms with Crippen LogP contribution in [0, 0.1) is 0 Å². The number of nitrogens with zero attached hydrogens (tertiary/aromatic N) is 2. The van der Waals surface area contributed by atoms with Crippen LogP contribution >= 0.6 is 34.8 Å². The fourth-order valence-corrected chi connectivity index (χ4v) is 5.97. The highest BCUT2D eigenvalue weighted by molar-refractivity contribution is 7.92. The molecule has 226 valence electrons. The molecular formula is C28H27Cl3F3N3O4S. The Morgan fingerprint density at radius 2 is 1.50 bits per heavy atom. The van der Waals surface area contributed by atoms with E-state index in [9.17, 15) is 31.2 Å². The van der Waals surface area contributed by atoms with Crippen LogP contribution in [0.2, 0.25) is 15.1 Å². The highest BCUT2D eigenvalue weighted by Crippen LogP contribution is 2.37. The smallest absolute Gasteiger partial charge is 0.352 e. The number of benzene rings is 3. The zero-order chi connectivity index (χ0) is 31.4. The summed E-state index contributed by atoms with van der Waals surface area (Å²) in [4.78, 5) is 27.7. The lowest BCUT2D eigenvalue weighted by Crippen LogP contribution is -2.52. The number of hydrogen-bond donors (Lipinski definition) is 1. The molecule has 0 aliphatic carbocycles. The van der Waals surface area contributed by atoms with Gasteiger partial charge < -0.3 is 10.2 Å². The maximum Gasteiger partial charge on any atom is 0.416 e. The molecular weight excluding hydrogens is 638 g/mol. The van der Waals surface area contributed by atoms with Gasteiger partial charge in [-0.15, -0.1) is 0 Å². The fraction of sp³-hybridized carbons (Fsp3) is 0.286. The number of carbonyl (C=O) groups excluding carboxylic acids is 2. The topological polar surface area (TPSA) is 86.8 Å². The van der Waals surface area contributed by atoms with Gasteiger partial charge in [0.1, 0.15) is 12.6 Å². The second-order valence-corrected chi connectivity index (χ2v) is 12.7. The lowest BCUT2D eigenvalue weighted by atomic mass is 10.1. The van der Waals surface area contributed by atoms with Crippen LogP contribution in [0.4, 0.5) is 18.9 Å². The molecule has 0 aliphatic rings. The summed E-state index contributed by atoms with van der Waals surface area (Å²) < 4.78 is 69.0. The predicted octanol–water partition coefficient (Wildman–Crippen LogP) is 6.80. The van der Waals surface area contributed by atoms with Gasteiger partial charge in [-0.1, -0.05) is 59.1 Å². The van der Waals surface area contributed by atoms with Crippen molar-refractivity contribution in [3.63, 3.8) is 0 Å². The quantitative estimate of drug-likeness (QED) is 0.258. The van der Waals surface area contributed by atoms with E-state index in [0.717, 1.165) is 11.0 Å². The zero-order valence-corrected chi connectivity index (χ0v) is 25.7. The molecule has 0 unspecified atom stereocenters. The molecule has 3 rings (SSSR count). The normalized spacial score (nSPS) is 12.6. The molecule has 14 heteroatoms. The average Bonchev–Trinajstić information content (AvgIpc) is 2.91. The van der Waals surface area contributed by atoms with E-state index in [1.807, 2.05) is 0 Å². The predicted molar refractivity (Wildman–Crippen MR) is 157 cm³/mol. The molecule has 1 atom stereocenters. The Balaban J connectivity index is 2.14. The highest BCUT2D eigenvalue weighted by Gasteiger charge is 2.36. The van der Waals surface area contributed by atoms with Crippen molar-refractivity contribution in [1.29, 1.82) is 0 Å². The molecule has 0 aliphatic heterocycles. The maximum atomic E-state index is 13.9. The Kier molecular flexibility index (Phi) is 10.8. The van der Waals surface area contributed by atoms with Crippen molar-refractivity contribution in [3.05, 3.63) is 92.9 Å². The van der Waals surface area contributed by atoms with Gasteiger partial charge in [0.25, 0.3) is 10.0 Å². The van der Waals surface area contributed by atoms with Crippen molar-refractivity contribution in [2.75, 3.05) is 10.8 Å². The van der Waals surface area contributed by atoms with Crippen molar-refractivity contribution < 1.29 is 31.2 Å². The maximum absolute atomic E-state index is 13.9. The lowest BCUT2D eigenvalue weighted by molar-refractivity contribution is -0.139. The Bertz CT molecular complexity index is 1550. The number of anilines is 1. The minimum Gasteiger partial charge on any atom is -0.352 e. The molecule has 0 radical (unpaired) electrons. The van der Waals surface area contributed by atoms with Crippen molar-refractivity contribution in [2.45, 2.75) is 50.5 Å². The van der Waals surface area contributed by atoms with E-state index in [1.165, 1.54) is 43.3 Å². The first kappa shape index (κ1) is 33.5. The van der Waals surface area contributed by atoms with E-state index in [1.54, 1.807) is 26.0 Å². The lowest BCUT2D eigenvalue weighted by Gasteiger charge is -2.32. The Hall–Kier alpha value is -2.99. The Labute approximate surface area is 257 Å². The Morgan fingerprint density at radius 1 is 0.881 bits per heavy atom. The summed E-state index contributed by atoms with van der Waals surface area (Å²) in [6.45, 7) is 3.72. The number of hydrogen-bond acceptors (Lipinski definition) is 4. The molecule has 0 saturated heterocycles. The monoisotopic (exact) mass is 663 g/mol. The number of rotatable bonds is 10. The average molecular weight is 665 g/mol. The minimum atomic E-state index is -4.82. The van der Waals surface area contributed by atoms with Crippen LogP contribution in [0.3, 0.4) is 0 Å². The summed E-state index contributed by atoms with van der Waals surface area (Å²) in [6, 6.07) is 12.2. The molecule has 7 nitrogen and oxygen atoms in total. The Morgan fingerprint density at radius 3 is 2.07 bits per heavy atom. The molecule has 0 saturated carbocycles. The first-order chi connectivity index (χ1) is 19.5. The molecule has 42 heavy (non-hydrogen) atoms. The van der Waals surface area contributed by atoms with E-state index in [4.69, 9.17) is 34.8 Å². The first-order valence-electron chi connectivity index (χ1n) is 12.5. The summed E-state index contributed by atoms with van der Waals surface area (Å²) in [5.74, 6) is -1.42. The van der Waals surface area contributed by atoms with Gasteiger partial charge >= 0.3 is 6.18 Å². The summed E-state index contributed by atoms with van der Waals surface area (Å²) in [5.41, 5.74) is -1.26. The summed E-state index contributed by atoms with van der Waals surface area (Å²) in [5, 5.41) is 2.80. The molecule has 3 aromatic rings. The van der Waals surface area contributed by atoms with Crippen LogP contribution in [0.5, 0.6) is 0 Å². The molecule has 3 aromatic carbocycles. The molecule has 0 spiro atoms. The van der Waals surface area contributed by atoms with Crippen LogP contribution in [0.1, 0.15) is 31.9 Å². The molecule has 0 heterocycles. The van der Waals surface area contributed by atoms with Gasteiger partial charge in [0.05, 0.1) is 31.2 Å². The SMILES string of the molecule is CC(C)NC(=O)[C@@H](C)N(Cc1ccc(Cl)c(Cl)c1)C(=O)CN(c1cc(C(F)(F)F)ccc1Cl)S(=O)(=O)c1ccccc1. The van der Waals surface area contributed by atoms with Crippen molar-refractivity contribution in [2.24, 2.45) is 0 Å². The van der Waals surface area contributed by atoms with Crippen molar-refractivity contribution in [3.8, 4) is 0 Å². The van der Waals surface area contributed by atoms with Crippen molar-refractivity contribution in [1.82, 2.24) is 10.2 Å². The van der Waals surface area contributed by atoms with Gasteiger partial charge in [-0.2, -0.15) is 13.2 Å². The minimum absolute atomic E-state index is 0.185. The number of sulfonamides is 1.